The van der Waals surface area contributed by atoms with E-state index in [0.717, 1.165) is 16.7 Å². The summed E-state index contributed by atoms with van der Waals surface area (Å²) in [7, 11) is 0. The summed E-state index contributed by atoms with van der Waals surface area (Å²) in [6.45, 7) is 0.197. The van der Waals surface area contributed by atoms with Crippen molar-refractivity contribution in [2.24, 2.45) is 5.92 Å². The van der Waals surface area contributed by atoms with Gasteiger partial charge in [0.1, 0.15) is 12.4 Å². The Kier molecular flexibility index (Phi) is 7.87. The van der Waals surface area contributed by atoms with Gasteiger partial charge >= 0.3 is 11.9 Å². The van der Waals surface area contributed by atoms with Gasteiger partial charge in [-0.25, -0.2) is 0 Å². The molecule has 1 atom stereocenters. The summed E-state index contributed by atoms with van der Waals surface area (Å²) >= 11 is 0. The second kappa shape index (κ2) is 11.0. The molecule has 162 valence electrons. The molecule has 0 heterocycles. The van der Waals surface area contributed by atoms with Gasteiger partial charge in [-0.05, 0) is 42.2 Å². The van der Waals surface area contributed by atoms with Crippen LogP contribution in [0.3, 0.4) is 0 Å². The number of carbonyl (C=O) groups is 2. The van der Waals surface area contributed by atoms with Crippen LogP contribution >= 0.6 is 0 Å². The van der Waals surface area contributed by atoms with Crippen LogP contribution in [0.2, 0.25) is 0 Å². The number of phenols is 1. The molecule has 1 unspecified atom stereocenters. The largest absolute Gasteiger partial charge is 0.512 e. The Hall–Kier alpha value is -3.54. The number of benzene rings is 2. The number of hydrogen-bond donors (Lipinski definition) is 2. The van der Waals surface area contributed by atoms with Crippen molar-refractivity contribution < 1.29 is 29.3 Å². The van der Waals surface area contributed by atoms with E-state index < -0.39 is 17.9 Å². The third-order valence-corrected chi connectivity index (χ3v) is 5.04. The van der Waals surface area contributed by atoms with E-state index in [1.807, 2.05) is 30.3 Å². The van der Waals surface area contributed by atoms with Crippen LogP contribution in [0.15, 0.2) is 78.1 Å². The van der Waals surface area contributed by atoms with Crippen molar-refractivity contribution in [1.82, 2.24) is 0 Å². The van der Waals surface area contributed by atoms with E-state index in [9.17, 15) is 19.8 Å². The van der Waals surface area contributed by atoms with Crippen molar-refractivity contribution in [3.8, 4) is 5.75 Å². The predicted octanol–water partition coefficient (Wildman–Crippen LogP) is 4.39. The molecule has 2 aromatic rings. The number of ether oxygens (including phenoxy) is 2. The molecule has 0 saturated heterocycles. The van der Waals surface area contributed by atoms with Gasteiger partial charge in [0, 0.05) is 12.8 Å². The Morgan fingerprint density at radius 2 is 1.55 bits per heavy atom. The lowest BCUT2D eigenvalue weighted by atomic mass is 9.93. The van der Waals surface area contributed by atoms with E-state index in [1.54, 1.807) is 36.4 Å². The first-order valence-corrected chi connectivity index (χ1v) is 10.2. The summed E-state index contributed by atoms with van der Waals surface area (Å²) < 4.78 is 10.8. The average molecular weight is 422 g/mol. The van der Waals surface area contributed by atoms with Crippen LogP contribution in [-0.4, -0.2) is 28.8 Å². The molecule has 0 radical (unpaired) electrons. The molecular formula is C25H26O6. The quantitative estimate of drug-likeness (QED) is 0.460. The van der Waals surface area contributed by atoms with Gasteiger partial charge in [-0.2, -0.15) is 0 Å². The van der Waals surface area contributed by atoms with Gasteiger partial charge < -0.3 is 19.7 Å². The van der Waals surface area contributed by atoms with Crippen molar-refractivity contribution >= 4 is 11.9 Å². The maximum Gasteiger partial charge on any atom is 0.320 e. The van der Waals surface area contributed by atoms with Gasteiger partial charge in [-0.3, -0.25) is 9.59 Å². The third-order valence-electron chi connectivity index (χ3n) is 5.04. The molecular weight excluding hydrogens is 396 g/mol. The van der Waals surface area contributed by atoms with Gasteiger partial charge in [-0.15, -0.1) is 0 Å². The van der Waals surface area contributed by atoms with E-state index in [-0.39, 0.29) is 31.1 Å². The van der Waals surface area contributed by atoms with Crippen molar-refractivity contribution in [2.75, 3.05) is 6.61 Å². The predicted molar refractivity (Wildman–Crippen MR) is 115 cm³/mol. The maximum absolute atomic E-state index is 12.7. The summed E-state index contributed by atoms with van der Waals surface area (Å²) in [5.74, 6) is -1.87. The lowest BCUT2D eigenvalue weighted by Gasteiger charge is -2.18. The minimum atomic E-state index is -1.07. The highest BCUT2D eigenvalue weighted by atomic mass is 16.6. The number of hydrogen-bond acceptors (Lipinski definition) is 6. The second-order valence-electron chi connectivity index (χ2n) is 7.42. The molecule has 3 rings (SSSR count). The Morgan fingerprint density at radius 3 is 2.23 bits per heavy atom. The van der Waals surface area contributed by atoms with Crippen molar-refractivity contribution in [3.05, 3.63) is 89.2 Å². The molecule has 1 aliphatic carbocycles. The van der Waals surface area contributed by atoms with Gasteiger partial charge in [-0.1, -0.05) is 54.1 Å². The SMILES string of the molecule is O=C(OCCc1ccc(O)cc1)C(CC1=CC=C(O)CC1)C(=O)OCc1ccccc1. The first-order chi connectivity index (χ1) is 15.0. The minimum absolute atomic E-state index is 0.0801. The number of carbonyl (C=O) groups excluding carboxylic acids is 2. The Morgan fingerprint density at radius 1 is 0.839 bits per heavy atom. The summed E-state index contributed by atoms with van der Waals surface area (Å²) in [5.41, 5.74) is 2.62. The van der Waals surface area contributed by atoms with Crippen molar-refractivity contribution in [3.63, 3.8) is 0 Å². The van der Waals surface area contributed by atoms with Crippen LogP contribution in [0.25, 0.3) is 0 Å². The van der Waals surface area contributed by atoms with Gasteiger partial charge in [0.2, 0.25) is 0 Å². The Bertz CT molecular complexity index is 944. The maximum atomic E-state index is 12.7. The topological polar surface area (TPSA) is 93.1 Å². The van der Waals surface area contributed by atoms with Gasteiger partial charge in [0.15, 0.2) is 5.92 Å². The van der Waals surface area contributed by atoms with E-state index >= 15 is 0 Å². The highest BCUT2D eigenvalue weighted by molar-refractivity contribution is 5.95. The molecule has 1 aliphatic rings. The Balaban J connectivity index is 1.61. The fraction of sp³-hybridized carbons (Fsp3) is 0.280. The zero-order valence-electron chi connectivity index (χ0n) is 17.2. The highest BCUT2D eigenvalue weighted by Crippen LogP contribution is 2.25. The number of allylic oxidation sites excluding steroid dienone is 4. The summed E-state index contributed by atoms with van der Waals surface area (Å²) in [6.07, 6.45) is 5.03. The van der Waals surface area contributed by atoms with Gasteiger partial charge in [0.25, 0.3) is 0 Å². The minimum Gasteiger partial charge on any atom is -0.512 e. The molecule has 0 amide bonds. The lowest BCUT2D eigenvalue weighted by molar-refractivity contribution is -0.162. The first-order valence-electron chi connectivity index (χ1n) is 10.2. The lowest BCUT2D eigenvalue weighted by Crippen LogP contribution is -2.29. The van der Waals surface area contributed by atoms with Crippen LogP contribution in [0.1, 0.15) is 30.4 Å². The summed E-state index contributed by atoms with van der Waals surface area (Å²) in [5, 5.41) is 18.9. The summed E-state index contributed by atoms with van der Waals surface area (Å²) in [6, 6.07) is 15.9. The number of aliphatic hydroxyl groups is 1. The molecule has 31 heavy (non-hydrogen) atoms. The van der Waals surface area contributed by atoms with E-state index in [0.29, 0.717) is 19.3 Å². The molecule has 0 bridgehead atoms. The molecule has 2 N–H and O–H groups in total. The first kappa shape index (κ1) is 22.2. The van der Waals surface area contributed by atoms with Crippen LogP contribution in [0.5, 0.6) is 5.75 Å². The van der Waals surface area contributed by atoms with Crippen LogP contribution in [0.4, 0.5) is 0 Å². The van der Waals surface area contributed by atoms with Crippen molar-refractivity contribution in [2.45, 2.75) is 32.3 Å². The Labute approximate surface area is 181 Å². The highest BCUT2D eigenvalue weighted by Gasteiger charge is 2.31. The number of aromatic hydroxyl groups is 1. The van der Waals surface area contributed by atoms with Crippen molar-refractivity contribution in [1.29, 1.82) is 0 Å². The monoisotopic (exact) mass is 422 g/mol. The molecule has 6 nitrogen and oxygen atoms in total. The number of esters is 2. The smallest absolute Gasteiger partial charge is 0.320 e. The van der Waals surface area contributed by atoms with Crippen LogP contribution < -0.4 is 0 Å². The zero-order valence-corrected chi connectivity index (χ0v) is 17.2. The molecule has 0 aromatic heterocycles. The summed E-state index contributed by atoms with van der Waals surface area (Å²) in [4.78, 5) is 25.4. The van der Waals surface area contributed by atoms with Crippen LogP contribution in [0, 0.1) is 5.92 Å². The molecule has 6 heteroatoms. The fourth-order valence-corrected chi connectivity index (χ4v) is 3.23. The number of phenolic OH excluding ortho intramolecular Hbond substituents is 1. The molecule has 0 spiro atoms. The fourth-order valence-electron chi connectivity index (χ4n) is 3.23. The van der Waals surface area contributed by atoms with Gasteiger partial charge in [0.05, 0.1) is 12.4 Å². The molecule has 0 saturated carbocycles. The number of rotatable bonds is 9. The number of aliphatic hydroxyl groups excluding tert-OH is 1. The molecule has 0 fully saturated rings. The van der Waals surface area contributed by atoms with E-state index in [1.165, 1.54) is 0 Å². The molecule has 2 aromatic carbocycles. The standard InChI is InChI=1S/C25H26O6/c26-21-10-6-18(7-11-21)14-15-30-24(28)23(16-19-8-12-22(27)13-9-19)25(29)31-17-20-4-2-1-3-5-20/h1-8,10-12,23,26-27H,9,13-17H2. The molecule has 0 aliphatic heterocycles. The third kappa shape index (κ3) is 7.03. The average Bonchev–Trinajstić information content (AvgIpc) is 2.79. The van der Waals surface area contributed by atoms with E-state index in [2.05, 4.69) is 0 Å². The normalized spacial score (nSPS) is 14.2. The van der Waals surface area contributed by atoms with Crippen LogP contribution in [-0.2, 0) is 32.1 Å². The second-order valence-corrected chi connectivity index (χ2v) is 7.42. The van der Waals surface area contributed by atoms with E-state index in [4.69, 9.17) is 9.47 Å². The zero-order chi connectivity index (χ0) is 22.1.